The molecule has 0 bridgehead atoms. The normalized spacial score (nSPS) is 21.9. The van der Waals surface area contributed by atoms with Crippen LogP contribution in [-0.2, 0) is 0 Å². The van der Waals surface area contributed by atoms with Gasteiger partial charge in [0.1, 0.15) is 5.82 Å². The van der Waals surface area contributed by atoms with Crippen molar-refractivity contribution in [2.45, 2.75) is 20.3 Å². The van der Waals surface area contributed by atoms with Crippen molar-refractivity contribution in [3.8, 4) is 0 Å². The highest BCUT2D eigenvalue weighted by Crippen LogP contribution is 2.26. The lowest BCUT2D eigenvalue weighted by Crippen LogP contribution is -2.21. The molecule has 1 aliphatic rings. The van der Waals surface area contributed by atoms with Gasteiger partial charge < -0.3 is 4.90 Å². The van der Waals surface area contributed by atoms with Gasteiger partial charge >= 0.3 is 0 Å². The average molecular weight is 190 g/mol. The molecule has 1 fully saturated rings. The topological polar surface area (TPSA) is 16.1 Å². The molecule has 1 atom stereocenters. The number of pyridine rings is 1. The van der Waals surface area contributed by atoms with Gasteiger partial charge in [0.2, 0.25) is 0 Å². The predicted molar refractivity (Wildman–Crippen MR) is 59.4 cm³/mol. The first-order chi connectivity index (χ1) is 6.77. The molecule has 1 aromatic rings. The molecule has 0 aliphatic carbocycles. The molecule has 1 unspecified atom stereocenters. The Morgan fingerprint density at radius 1 is 1.43 bits per heavy atom. The summed E-state index contributed by atoms with van der Waals surface area (Å²) in [4.78, 5) is 6.77. The lowest BCUT2D eigenvalue weighted by Gasteiger charge is -2.18. The smallest absolute Gasteiger partial charge is 0.128 e. The van der Waals surface area contributed by atoms with E-state index in [0.717, 1.165) is 17.7 Å². The van der Waals surface area contributed by atoms with Crippen LogP contribution in [0.2, 0.25) is 0 Å². The van der Waals surface area contributed by atoms with E-state index in [1.54, 1.807) is 0 Å². The number of hydrogen-bond donors (Lipinski definition) is 0. The Balaban J connectivity index is 2.03. The Hall–Kier alpha value is -1.05. The molecule has 0 spiro atoms. The highest BCUT2D eigenvalue weighted by molar-refractivity contribution is 5.38. The molecule has 0 radical (unpaired) electrons. The monoisotopic (exact) mass is 190 g/mol. The number of aromatic nitrogens is 1. The molecule has 1 aromatic heterocycles. The van der Waals surface area contributed by atoms with Crippen LogP contribution < -0.4 is 4.90 Å². The number of anilines is 1. The van der Waals surface area contributed by atoms with Crippen LogP contribution in [0, 0.1) is 11.8 Å². The van der Waals surface area contributed by atoms with Gasteiger partial charge in [0.15, 0.2) is 0 Å². The minimum atomic E-state index is 0.795. The minimum Gasteiger partial charge on any atom is -0.356 e. The Bertz CT molecular complexity index is 282. The zero-order valence-electron chi connectivity index (χ0n) is 8.98. The third kappa shape index (κ3) is 1.89. The summed E-state index contributed by atoms with van der Waals surface area (Å²) >= 11 is 0. The second-order valence-corrected chi connectivity index (χ2v) is 4.43. The maximum atomic E-state index is 4.38. The Morgan fingerprint density at radius 2 is 2.29 bits per heavy atom. The van der Waals surface area contributed by atoms with E-state index in [-0.39, 0.29) is 0 Å². The van der Waals surface area contributed by atoms with Gasteiger partial charge in [-0.1, -0.05) is 19.9 Å². The van der Waals surface area contributed by atoms with Crippen LogP contribution in [0.15, 0.2) is 24.4 Å². The summed E-state index contributed by atoms with van der Waals surface area (Å²) in [5.74, 6) is 2.77. The quantitative estimate of drug-likeness (QED) is 0.712. The Labute approximate surface area is 86.0 Å². The number of hydrogen-bond acceptors (Lipinski definition) is 2. The molecule has 1 aliphatic heterocycles. The third-order valence-corrected chi connectivity index (χ3v) is 3.14. The van der Waals surface area contributed by atoms with Gasteiger partial charge in [0.05, 0.1) is 0 Å². The van der Waals surface area contributed by atoms with E-state index in [2.05, 4.69) is 35.9 Å². The van der Waals surface area contributed by atoms with Gasteiger partial charge in [0, 0.05) is 19.3 Å². The largest absolute Gasteiger partial charge is 0.356 e. The van der Waals surface area contributed by atoms with Gasteiger partial charge in [-0.2, -0.15) is 0 Å². The van der Waals surface area contributed by atoms with E-state index in [1.165, 1.54) is 19.5 Å². The van der Waals surface area contributed by atoms with Crippen LogP contribution in [-0.4, -0.2) is 18.1 Å². The summed E-state index contributed by atoms with van der Waals surface area (Å²) in [5, 5.41) is 0. The van der Waals surface area contributed by atoms with E-state index in [9.17, 15) is 0 Å². The zero-order chi connectivity index (χ0) is 9.97. The highest BCUT2D eigenvalue weighted by Gasteiger charge is 2.25. The first kappa shape index (κ1) is 9.50. The maximum absolute atomic E-state index is 4.38. The summed E-state index contributed by atoms with van der Waals surface area (Å²) in [6.07, 6.45) is 3.19. The van der Waals surface area contributed by atoms with Crippen molar-refractivity contribution in [1.82, 2.24) is 4.98 Å². The third-order valence-electron chi connectivity index (χ3n) is 3.14. The zero-order valence-corrected chi connectivity index (χ0v) is 8.98. The van der Waals surface area contributed by atoms with Crippen LogP contribution in [0.4, 0.5) is 5.82 Å². The van der Waals surface area contributed by atoms with Crippen LogP contribution in [0.3, 0.4) is 0 Å². The van der Waals surface area contributed by atoms with Gasteiger partial charge in [-0.3, -0.25) is 0 Å². The van der Waals surface area contributed by atoms with Crippen LogP contribution >= 0.6 is 0 Å². The maximum Gasteiger partial charge on any atom is 0.128 e. The second-order valence-electron chi connectivity index (χ2n) is 4.43. The fraction of sp³-hybridized carbons (Fsp3) is 0.583. The molecular formula is C12H18N2. The predicted octanol–water partition coefficient (Wildman–Crippen LogP) is 2.56. The molecule has 0 amide bonds. The first-order valence-corrected chi connectivity index (χ1v) is 5.43. The molecule has 0 N–H and O–H groups in total. The summed E-state index contributed by atoms with van der Waals surface area (Å²) in [6.45, 7) is 6.97. The molecule has 2 nitrogen and oxygen atoms in total. The summed E-state index contributed by atoms with van der Waals surface area (Å²) < 4.78 is 0. The minimum absolute atomic E-state index is 0.795. The fourth-order valence-electron chi connectivity index (χ4n) is 2.08. The van der Waals surface area contributed by atoms with E-state index in [4.69, 9.17) is 0 Å². The van der Waals surface area contributed by atoms with Crippen molar-refractivity contribution in [3.05, 3.63) is 24.4 Å². The first-order valence-electron chi connectivity index (χ1n) is 5.43. The van der Waals surface area contributed by atoms with Crippen molar-refractivity contribution < 1.29 is 0 Å². The number of rotatable bonds is 2. The summed E-state index contributed by atoms with van der Waals surface area (Å²) in [6, 6.07) is 6.13. The second kappa shape index (κ2) is 3.99. The van der Waals surface area contributed by atoms with Crippen LogP contribution in [0.25, 0.3) is 0 Å². The summed E-state index contributed by atoms with van der Waals surface area (Å²) in [5.41, 5.74) is 0. The van der Waals surface area contributed by atoms with Crippen molar-refractivity contribution in [2.24, 2.45) is 11.8 Å². The summed E-state index contributed by atoms with van der Waals surface area (Å²) in [7, 11) is 0. The van der Waals surface area contributed by atoms with Gasteiger partial charge in [-0.25, -0.2) is 4.98 Å². The molecule has 2 heterocycles. The fourth-order valence-corrected chi connectivity index (χ4v) is 2.08. The van der Waals surface area contributed by atoms with Crippen molar-refractivity contribution in [1.29, 1.82) is 0 Å². The molecule has 76 valence electrons. The van der Waals surface area contributed by atoms with Crippen molar-refractivity contribution >= 4 is 5.82 Å². The molecule has 0 aromatic carbocycles. The van der Waals surface area contributed by atoms with Gasteiger partial charge in [-0.05, 0) is 30.4 Å². The standard InChI is InChI=1S/C12H18N2/c1-10(2)11-6-8-14(9-11)12-5-3-4-7-13-12/h3-5,7,10-11H,6,8-9H2,1-2H3. The molecule has 14 heavy (non-hydrogen) atoms. The number of nitrogens with zero attached hydrogens (tertiary/aromatic N) is 2. The van der Waals surface area contributed by atoms with Crippen LogP contribution in [0.5, 0.6) is 0 Å². The van der Waals surface area contributed by atoms with E-state index in [0.29, 0.717) is 0 Å². The Kier molecular flexibility index (Phi) is 2.71. The molecule has 2 rings (SSSR count). The molecule has 2 heteroatoms. The van der Waals surface area contributed by atoms with Crippen LogP contribution in [0.1, 0.15) is 20.3 Å². The molecule has 0 saturated carbocycles. The van der Waals surface area contributed by atoms with E-state index >= 15 is 0 Å². The SMILES string of the molecule is CC(C)C1CCN(c2ccccn2)C1. The molecular weight excluding hydrogens is 172 g/mol. The van der Waals surface area contributed by atoms with Crippen molar-refractivity contribution in [3.63, 3.8) is 0 Å². The van der Waals surface area contributed by atoms with Gasteiger partial charge in [0.25, 0.3) is 0 Å². The van der Waals surface area contributed by atoms with Crippen molar-refractivity contribution in [2.75, 3.05) is 18.0 Å². The average Bonchev–Trinajstić information content (AvgIpc) is 2.68. The Morgan fingerprint density at radius 3 is 2.86 bits per heavy atom. The highest BCUT2D eigenvalue weighted by atomic mass is 15.2. The van der Waals surface area contributed by atoms with E-state index in [1.807, 2.05) is 12.3 Å². The lowest BCUT2D eigenvalue weighted by atomic mass is 9.95. The van der Waals surface area contributed by atoms with E-state index < -0.39 is 0 Å². The van der Waals surface area contributed by atoms with Gasteiger partial charge in [-0.15, -0.1) is 0 Å². The molecule has 1 saturated heterocycles. The lowest BCUT2D eigenvalue weighted by molar-refractivity contribution is 0.422.